The summed E-state index contributed by atoms with van der Waals surface area (Å²) in [7, 11) is 1.63. The standard InChI is InChI=1S/C16H26N4O2/c1-21-16-10-15(17-12-18-16)19-14-2-6-20(7-3-14)11-13-4-8-22-9-5-13/h10,12-14H,2-9,11H2,1H3,(H,17,18,19). The van der Waals surface area contributed by atoms with Crippen LogP contribution in [0.25, 0.3) is 0 Å². The van der Waals surface area contributed by atoms with Gasteiger partial charge in [-0.05, 0) is 31.6 Å². The van der Waals surface area contributed by atoms with Crippen molar-refractivity contribution < 1.29 is 9.47 Å². The van der Waals surface area contributed by atoms with Crippen LogP contribution in [0.5, 0.6) is 5.88 Å². The summed E-state index contributed by atoms with van der Waals surface area (Å²) >= 11 is 0. The molecule has 0 atom stereocenters. The number of likely N-dealkylation sites (tertiary alicyclic amines) is 1. The van der Waals surface area contributed by atoms with Crippen molar-refractivity contribution in [3.05, 3.63) is 12.4 Å². The number of hydrogen-bond acceptors (Lipinski definition) is 6. The summed E-state index contributed by atoms with van der Waals surface area (Å²) in [6.07, 6.45) is 6.31. The number of nitrogens with one attached hydrogen (secondary N) is 1. The topological polar surface area (TPSA) is 59.5 Å². The monoisotopic (exact) mass is 306 g/mol. The minimum Gasteiger partial charge on any atom is -0.481 e. The fourth-order valence-electron chi connectivity index (χ4n) is 3.29. The lowest BCUT2D eigenvalue weighted by molar-refractivity contribution is 0.0492. The van der Waals surface area contributed by atoms with Crippen LogP contribution in [0.1, 0.15) is 25.7 Å². The molecule has 6 nitrogen and oxygen atoms in total. The van der Waals surface area contributed by atoms with E-state index in [1.54, 1.807) is 13.4 Å². The minimum absolute atomic E-state index is 0.491. The van der Waals surface area contributed by atoms with Crippen LogP contribution in [0, 0.1) is 5.92 Å². The molecule has 6 heteroatoms. The first kappa shape index (κ1) is 15.5. The van der Waals surface area contributed by atoms with Crippen LogP contribution in [0.3, 0.4) is 0 Å². The first-order valence-electron chi connectivity index (χ1n) is 8.26. The fraction of sp³-hybridized carbons (Fsp3) is 0.750. The van der Waals surface area contributed by atoms with Gasteiger partial charge in [-0.25, -0.2) is 9.97 Å². The van der Waals surface area contributed by atoms with E-state index in [4.69, 9.17) is 9.47 Å². The van der Waals surface area contributed by atoms with Gasteiger partial charge in [0, 0.05) is 45.0 Å². The molecule has 1 N–H and O–H groups in total. The molecule has 2 aliphatic rings. The molecule has 0 unspecified atom stereocenters. The molecule has 0 saturated carbocycles. The average molecular weight is 306 g/mol. The molecule has 0 aromatic carbocycles. The van der Waals surface area contributed by atoms with Gasteiger partial charge in [0.05, 0.1) is 7.11 Å². The number of nitrogens with zero attached hydrogens (tertiary/aromatic N) is 3. The lowest BCUT2D eigenvalue weighted by Crippen LogP contribution is -2.42. The first-order chi connectivity index (χ1) is 10.8. The van der Waals surface area contributed by atoms with Crippen LogP contribution in [-0.4, -0.2) is 60.9 Å². The maximum Gasteiger partial charge on any atom is 0.218 e. The Labute approximate surface area is 132 Å². The summed E-state index contributed by atoms with van der Waals surface area (Å²) in [6.45, 7) is 5.45. The van der Waals surface area contributed by atoms with E-state index in [0.29, 0.717) is 11.9 Å². The van der Waals surface area contributed by atoms with Crippen molar-refractivity contribution >= 4 is 5.82 Å². The van der Waals surface area contributed by atoms with Crippen molar-refractivity contribution in [2.75, 3.05) is 45.3 Å². The van der Waals surface area contributed by atoms with E-state index >= 15 is 0 Å². The van der Waals surface area contributed by atoms with Gasteiger partial charge in [0.2, 0.25) is 5.88 Å². The predicted molar refractivity (Wildman–Crippen MR) is 85.2 cm³/mol. The molecule has 0 spiro atoms. The van der Waals surface area contributed by atoms with Crippen LogP contribution in [0.15, 0.2) is 12.4 Å². The molecule has 2 aliphatic heterocycles. The zero-order valence-electron chi connectivity index (χ0n) is 13.3. The third-order valence-electron chi connectivity index (χ3n) is 4.65. The number of hydrogen-bond donors (Lipinski definition) is 1. The summed E-state index contributed by atoms with van der Waals surface area (Å²) in [5.41, 5.74) is 0. The largest absolute Gasteiger partial charge is 0.481 e. The average Bonchev–Trinajstić information content (AvgIpc) is 2.58. The zero-order valence-corrected chi connectivity index (χ0v) is 13.3. The third kappa shape index (κ3) is 4.30. The van der Waals surface area contributed by atoms with Gasteiger partial charge in [-0.15, -0.1) is 0 Å². The van der Waals surface area contributed by atoms with Crippen LogP contribution in [0.2, 0.25) is 0 Å². The Kier molecular flexibility index (Phi) is 5.45. The van der Waals surface area contributed by atoms with E-state index in [-0.39, 0.29) is 0 Å². The Morgan fingerprint density at radius 1 is 1.23 bits per heavy atom. The van der Waals surface area contributed by atoms with Gasteiger partial charge in [0.1, 0.15) is 12.1 Å². The molecule has 3 heterocycles. The van der Waals surface area contributed by atoms with Crippen molar-refractivity contribution in [1.29, 1.82) is 0 Å². The normalized spacial score (nSPS) is 21.7. The van der Waals surface area contributed by atoms with Crippen molar-refractivity contribution in [3.63, 3.8) is 0 Å². The van der Waals surface area contributed by atoms with E-state index in [0.717, 1.165) is 50.9 Å². The summed E-state index contributed by atoms with van der Waals surface area (Å²) in [4.78, 5) is 10.9. The van der Waals surface area contributed by atoms with Crippen molar-refractivity contribution in [3.8, 4) is 5.88 Å². The number of piperidine rings is 1. The number of rotatable bonds is 5. The second-order valence-electron chi connectivity index (χ2n) is 6.22. The second kappa shape index (κ2) is 7.74. The highest BCUT2D eigenvalue weighted by Crippen LogP contribution is 2.21. The van der Waals surface area contributed by atoms with Crippen molar-refractivity contribution in [2.24, 2.45) is 5.92 Å². The lowest BCUT2D eigenvalue weighted by Gasteiger charge is -2.35. The van der Waals surface area contributed by atoms with Gasteiger partial charge in [0.15, 0.2) is 0 Å². The van der Waals surface area contributed by atoms with Crippen LogP contribution < -0.4 is 10.1 Å². The lowest BCUT2D eigenvalue weighted by atomic mass is 9.97. The van der Waals surface area contributed by atoms with E-state index in [1.165, 1.54) is 19.4 Å². The highest BCUT2D eigenvalue weighted by molar-refractivity contribution is 5.38. The molecule has 22 heavy (non-hydrogen) atoms. The first-order valence-corrected chi connectivity index (χ1v) is 8.26. The maximum atomic E-state index is 5.44. The van der Waals surface area contributed by atoms with Crippen LogP contribution in [0.4, 0.5) is 5.82 Å². The number of ether oxygens (including phenoxy) is 2. The minimum atomic E-state index is 0.491. The van der Waals surface area contributed by atoms with E-state index in [9.17, 15) is 0 Å². The van der Waals surface area contributed by atoms with E-state index in [2.05, 4.69) is 20.2 Å². The molecule has 0 radical (unpaired) electrons. The molecular weight excluding hydrogens is 280 g/mol. The summed E-state index contributed by atoms with van der Waals surface area (Å²) in [5, 5.41) is 3.50. The van der Waals surface area contributed by atoms with Crippen LogP contribution >= 0.6 is 0 Å². The molecule has 1 aromatic rings. The van der Waals surface area contributed by atoms with Gasteiger partial charge in [-0.2, -0.15) is 0 Å². The molecule has 3 rings (SSSR count). The summed E-state index contributed by atoms with van der Waals surface area (Å²) in [6, 6.07) is 2.35. The smallest absolute Gasteiger partial charge is 0.218 e. The summed E-state index contributed by atoms with van der Waals surface area (Å²) in [5.74, 6) is 2.29. The number of methoxy groups -OCH3 is 1. The highest BCUT2D eigenvalue weighted by Gasteiger charge is 2.23. The second-order valence-corrected chi connectivity index (χ2v) is 6.22. The number of anilines is 1. The quantitative estimate of drug-likeness (QED) is 0.895. The van der Waals surface area contributed by atoms with Crippen molar-refractivity contribution in [2.45, 2.75) is 31.7 Å². The van der Waals surface area contributed by atoms with Crippen LogP contribution in [-0.2, 0) is 4.74 Å². The molecule has 1 aromatic heterocycles. The number of aromatic nitrogens is 2. The Hall–Kier alpha value is -1.40. The summed E-state index contributed by atoms with van der Waals surface area (Å²) < 4.78 is 10.6. The van der Waals surface area contributed by atoms with Gasteiger partial charge in [-0.3, -0.25) is 0 Å². The predicted octanol–water partition coefficient (Wildman–Crippen LogP) is 1.79. The molecule has 0 amide bonds. The zero-order chi connectivity index (χ0) is 15.2. The Balaban J connectivity index is 1.43. The van der Waals surface area contributed by atoms with E-state index in [1.807, 2.05) is 6.07 Å². The van der Waals surface area contributed by atoms with Gasteiger partial charge < -0.3 is 19.7 Å². The van der Waals surface area contributed by atoms with Gasteiger partial charge in [0.25, 0.3) is 0 Å². The fourth-order valence-corrected chi connectivity index (χ4v) is 3.29. The Bertz CT molecular complexity index is 457. The van der Waals surface area contributed by atoms with Crippen molar-refractivity contribution in [1.82, 2.24) is 14.9 Å². The molecule has 0 bridgehead atoms. The SMILES string of the molecule is COc1cc(NC2CCN(CC3CCOCC3)CC2)ncn1. The Morgan fingerprint density at radius 2 is 2.00 bits per heavy atom. The molecule has 2 fully saturated rings. The third-order valence-corrected chi connectivity index (χ3v) is 4.65. The molecular formula is C16H26N4O2. The molecule has 2 saturated heterocycles. The molecule has 0 aliphatic carbocycles. The van der Waals surface area contributed by atoms with Gasteiger partial charge in [-0.1, -0.05) is 0 Å². The highest BCUT2D eigenvalue weighted by atomic mass is 16.5. The maximum absolute atomic E-state index is 5.44. The Morgan fingerprint density at radius 3 is 2.73 bits per heavy atom. The van der Waals surface area contributed by atoms with Gasteiger partial charge >= 0.3 is 0 Å². The van der Waals surface area contributed by atoms with E-state index < -0.39 is 0 Å². The molecule has 122 valence electrons.